The van der Waals surface area contributed by atoms with Crippen molar-refractivity contribution in [3.63, 3.8) is 0 Å². The van der Waals surface area contributed by atoms with Crippen molar-refractivity contribution in [2.75, 3.05) is 6.54 Å². The van der Waals surface area contributed by atoms with Gasteiger partial charge in [0.15, 0.2) is 0 Å². The number of rotatable bonds is 4. The van der Waals surface area contributed by atoms with E-state index in [4.69, 9.17) is 10.00 Å². The van der Waals surface area contributed by atoms with Crippen LogP contribution in [0.2, 0.25) is 0 Å². The lowest BCUT2D eigenvalue weighted by Crippen LogP contribution is -2.38. The van der Waals surface area contributed by atoms with Gasteiger partial charge in [0.1, 0.15) is 23.9 Å². The molecule has 0 bridgehead atoms. The fourth-order valence-electron chi connectivity index (χ4n) is 3.19. The molecule has 1 aliphatic heterocycles. The van der Waals surface area contributed by atoms with Crippen LogP contribution < -0.4 is 4.74 Å². The Labute approximate surface area is 161 Å². The predicted molar refractivity (Wildman–Crippen MR) is 98.9 cm³/mol. The third-order valence-electron chi connectivity index (χ3n) is 4.56. The average Bonchev–Trinajstić information content (AvgIpc) is 3.14. The van der Waals surface area contributed by atoms with Gasteiger partial charge in [-0.1, -0.05) is 12.1 Å². The van der Waals surface area contributed by atoms with Crippen LogP contribution in [0.25, 0.3) is 0 Å². The van der Waals surface area contributed by atoms with Gasteiger partial charge in [0.05, 0.1) is 30.4 Å². The highest BCUT2D eigenvalue weighted by Gasteiger charge is 2.23. The number of nitrogens with zero attached hydrogens (tertiary/aromatic N) is 4. The summed E-state index contributed by atoms with van der Waals surface area (Å²) < 4.78 is 20.7. The Bertz CT molecular complexity index is 1070. The fraction of sp³-hybridized carbons (Fsp3) is 0.190. The van der Waals surface area contributed by atoms with Crippen molar-refractivity contribution in [1.82, 2.24) is 14.7 Å². The summed E-state index contributed by atoms with van der Waals surface area (Å²) in [7, 11) is 0. The minimum absolute atomic E-state index is 0.109. The van der Waals surface area contributed by atoms with Crippen LogP contribution in [-0.2, 0) is 19.7 Å². The van der Waals surface area contributed by atoms with Crippen molar-refractivity contribution in [2.45, 2.75) is 19.7 Å². The van der Waals surface area contributed by atoms with E-state index in [1.54, 1.807) is 41.3 Å². The summed E-state index contributed by atoms with van der Waals surface area (Å²) in [5.41, 5.74) is 2.60. The van der Waals surface area contributed by atoms with Crippen LogP contribution in [0.1, 0.15) is 27.3 Å². The zero-order valence-corrected chi connectivity index (χ0v) is 15.0. The molecule has 0 radical (unpaired) electrons. The summed E-state index contributed by atoms with van der Waals surface area (Å²) in [5.74, 6) is -0.0153. The summed E-state index contributed by atoms with van der Waals surface area (Å²) >= 11 is 0. The van der Waals surface area contributed by atoms with Gasteiger partial charge in [0, 0.05) is 18.2 Å². The van der Waals surface area contributed by atoms with E-state index in [-0.39, 0.29) is 18.3 Å². The Morgan fingerprint density at radius 3 is 2.86 bits per heavy atom. The highest BCUT2D eigenvalue weighted by Crippen LogP contribution is 2.19. The van der Waals surface area contributed by atoms with E-state index in [1.807, 2.05) is 10.7 Å². The number of nitriles is 1. The number of aromatic nitrogens is 2. The molecule has 0 saturated carbocycles. The first-order chi connectivity index (χ1) is 13.6. The van der Waals surface area contributed by atoms with Crippen molar-refractivity contribution in [3.05, 3.63) is 82.9 Å². The second kappa shape index (κ2) is 7.53. The quantitative estimate of drug-likeness (QED) is 0.701. The molecule has 0 atom stereocenters. The number of carbonyl (C=O) groups excluding carboxylic acids is 1. The molecule has 0 unspecified atom stereocenters. The number of carbonyl (C=O) groups is 1. The van der Waals surface area contributed by atoms with Crippen LogP contribution in [0.3, 0.4) is 0 Å². The molecule has 140 valence electrons. The van der Waals surface area contributed by atoms with E-state index in [0.717, 1.165) is 11.4 Å². The van der Waals surface area contributed by atoms with Gasteiger partial charge in [-0.3, -0.25) is 9.48 Å². The van der Waals surface area contributed by atoms with Gasteiger partial charge in [-0.2, -0.15) is 10.4 Å². The highest BCUT2D eigenvalue weighted by molar-refractivity contribution is 5.94. The maximum atomic E-state index is 13.2. The van der Waals surface area contributed by atoms with Crippen molar-refractivity contribution in [3.8, 4) is 11.8 Å². The molecular formula is C21H17FN4O2. The van der Waals surface area contributed by atoms with Crippen molar-refractivity contribution in [2.24, 2.45) is 0 Å². The normalized spacial score (nSPS) is 12.9. The highest BCUT2D eigenvalue weighted by atomic mass is 19.1. The third kappa shape index (κ3) is 3.71. The lowest BCUT2D eigenvalue weighted by molar-refractivity contribution is 0.0706. The molecule has 0 spiro atoms. The molecule has 1 aliphatic rings. The number of halogens is 1. The molecule has 0 saturated heterocycles. The Kier molecular flexibility index (Phi) is 4.77. The van der Waals surface area contributed by atoms with Crippen LogP contribution in [-0.4, -0.2) is 27.1 Å². The molecule has 2 heterocycles. The number of benzene rings is 2. The molecular weight excluding hydrogens is 359 g/mol. The Balaban J connectivity index is 1.44. The van der Waals surface area contributed by atoms with Crippen molar-refractivity contribution >= 4 is 5.91 Å². The Hall–Kier alpha value is -3.66. The first-order valence-electron chi connectivity index (χ1n) is 8.86. The van der Waals surface area contributed by atoms with Crippen LogP contribution in [0.15, 0.2) is 54.6 Å². The number of fused-ring (bicyclic) bond motifs is 1. The SMILES string of the molecule is N#Cc1cccc(C(=O)N2CCn3nc(COc4cccc(F)c4)cc3C2)c1. The first-order valence-corrected chi connectivity index (χ1v) is 8.86. The molecule has 0 fully saturated rings. The summed E-state index contributed by atoms with van der Waals surface area (Å²) in [4.78, 5) is 14.5. The standard InChI is InChI=1S/C21H17FN4O2/c22-17-5-2-6-20(10-17)28-14-18-11-19-13-25(7-8-26(19)24-18)21(27)16-4-1-3-15(9-16)12-23/h1-6,9-11H,7-8,13-14H2. The predicted octanol–water partition coefficient (Wildman–Crippen LogP) is 3.13. The minimum Gasteiger partial charge on any atom is -0.487 e. The fourth-order valence-corrected chi connectivity index (χ4v) is 3.19. The minimum atomic E-state index is -0.351. The number of hydrogen-bond donors (Lipinski definition) is 0. The number of hydrogen-bond acceptors (Lipinski definition) is 4. The maximum Gasteiger partial charge on any atom is 0.254 e. The summed E-state index contributed by atoms with van der Waals surface area (Å²) in [5, 5.41) is 13.5. The van der Waals surface area contributed by atoms with E-state index in [2.05, 4.69) is 11.2 Å². The zero-order chi connectivity index (χ0) is 19.5. The van der Waals surface area contributed by atoms with E-state index in [0.29, 0.717) is 36.5 Å². The largest absolute Gasteiger partial charge is 0.487 e. The van der Waals surface area contributed by atoms with Crippen LogP contribution in [0.5, 0.6) is 5.75 Å². The second-order valence-electron chi connectivity index (χ2n) is 6.52. The van der Waals surface area contributed by atoms with Gasteiger partial charge in [0.25, 0.3) is 5.91 Å². The molecule has 4 rings (SSSR count). The van der Waals surface area contributed by atoms with Gasteiger partial charge < -0.3 is 9.64 Å². The third-order valence-corrected chi connectivity index (χ3v) is 4.56. The van der Waals surface area contributed by atoms with E-state index in [9.17, 15) is 9.18 Å². The molecule has 1 aromatic heterocycles. The number of amides is 1. The lowest BCUT2D eigenvalue weighted by Gasteiger charge is -2.27. The van der Waals surface area contributed by atoms with Crippen molar-refractivity contribution < 1.29 is 13.9 Å². The van der Waals surface area contributed by atoms with Gasteiger partial charge in [0.2, 0.25) is 0 Å². The second-order valence-corrected chi connectivity index (χ2v) is 6.52. The van der Waals surface area contributed by atoms with Crippen LogP contribution in [0, 0.1) is 17.1 Å². The zero-order valence-electron chi connectivity index (χ0n) is 15.0. The monoisotopic (exact) mass is 376 g/mol. The van der Waals surface area contributed by atoms with Crippen LogP contribution >= 0.6 is 0 Å². The molecule has 0 N–H and O–H groups in total. The smallest absolute Gasteiger partial charge is 0.254 e. The van der Waals surface area contributed by atoms with Gasteiger partial charge in [-0.05, 0) is 36.4 Å². The molecule has 7 heteroatoms. The molecule has 3 aromatic rings. The topological polar surface area (TPSA) is 71.2 Å². The molecule has 2 aromatic carbocycles. The van der Waals surface area contributed by atoms with E-state index in [1.165, 1.54) is 12.1 Å². The Morgan fingerprint density at radius 2 is 2.04 bits per heavy atom. The van der Waals surface area contributed by atoms with Crippen molar-refractivity contribution in [1.29, 1.82) is 5.26 Å². The Morgan fingerprint density at radius 1 is 1.18 bits per heavy atom. The average molecular weight is 376 g/mol. The molecule has 1 amide bonds. The van der Waals surface area contributed by atoms with E-state index < -0.39 is 0 Å². The molecule has 28 heavy (non-hydrogen) atoms. The summed E-state index contributed by atoms with van der Waals surface area (Å²) in [6, 6.07) is 16.6. The van der Waals surface area contributed by atoms with E-state index >= 15 is 0 Å². The van der Waals surface area contributed by atoms with Gasteiger partial charge >= 0.3 is 0 Å². The molecule has 0 aliphatic carbocycles. The summed E-state index contributed by atoms with van der Waals surface area (Å²) in [6.45, 7) is 1.78. The molecule has 6 nitrogen and oxygen atoms in total. The maximum absolute atomic E-state index is 13.2. The first kappa shape index (κ1) is 17.7. The lowest BCUT2D eigenvalue weighted by atomic mass is 10.1. The van der Waals surface area contributed by atoms with Gasteiger partial charge in [-0.25, -0.2) is 4.39 Å². The van der Waals surface area contributed by atoms with Crippen LogP contribution in [0.4, 0.5) is 4.39 Å². The number of ether oxygens (including phenoxy) is 1. The van der Waals surface area contributed by atoms with Gasteiger partial charge in [-0.15, -0.1) is 0 Å². The summed E-state index contributed by atoms with van der Waals surface area (Å²) in [6.07, 6.45) is 0.